The number of benzene rings is 1. The fourth-order valence-electron chi connectivity index (χ4n) is 9.11. The van der Waals surface area contributed by atoms with Crippen LogP contribution in [0.3, 0.4) is 0 Å². The quantitative estimate of drug-likeness (QED) is 0.167. The van der Waals surface area contributed by atoms with Gasteiger partial charge in [0.05, 0.1) is 12.1 Å². The van der Waals surface area contributed by atoms with E-state index in [1.807, 2.05) is 27.6 Å². The van der Waals surface area contributed by atoms with Crippen LogP contribution in [0.2, 0.25) is 0 Å². The minimum Gasteiger partial charge on any atom is -0.371 e. The van der Waals surface area contributed by atoms with Gasteiger partial charge in [-0.2, -0.15) is 4.98 Å². The van der Waals surface area contributed by atoms with E-state index in [0.29, 0.717) is 48.8 Å². The fraction of sp³-hybridized carbons (Fsp3) is 0.488. The molecule has 0 unspecified atom stereocenters. The molecule has 1 aromatic carbocycles. The second kappa shape index (κ2) is 17.0. The van der Waals surface area contributed by atoms with E-state index in [1.54, 1.807) is 37.5 Å². The number of imide groups is 1. The van der Waals surface area contributed by atoms with Gasteiger partial charge in [-0.1, -0.05) is 30.9 Å². The van der Waals surface area contributed by atoms with Crippen LogP contribution in [0, 0.1) is 5.41 Å². The number of rotatable bonds is 7. The van der Waals surface area contributed by atoms with Crippen LogP contribution in [0.25, 0.3) is 11.0 Å². The van der Waals surface area contributed by atoms with E-state index in [4.69, 9.17) is 4.98 Å². The number of nitrogens with zero attached hydrogens (tertiary/aromatic N) is 8. The molecule has 1 spiro atoms. The lowest BCUT2D eigenvalue weighted by Crippen LogP contribution is -2.48. The summed E-state index contributed by atoms with van der Waals surface area (Å²) in [5.41, 5.74) is 5.27. The average molecular weight is 821 g/mol. The SMILES string of the molecule is CSN1Cc2ccc(N3CCC4(CCN(C(=O)c5ccc(Nc6ncc7cc(C(=O)N(C)C)n(C8CCCC8)c7n6)nc5)CC4)CC3)cc2C1=O.O=C1CCCC(=O)N1. The van der Waals surface area contributed by atoms with Gasteiger partial charge in [-0.15, -0.1) is 0 Å². The summed E-state index contributed by atoms with van der Waals surface area (Å²) in [5.74, 6) is 0.745. The number of piperidine rings is 3. The highest BCUT2D eigenvalue weighted by Crippen LogP contribution is 2.43. The van der Waals surface area contributed by atoms with Gasteiger partial charge in [0.25, 0.3) is 17.7 Å². The molecule has 4 fully saturated rings. The Morgan fingerprint density at radius 3 is 2.22 bits per heavy atom. The number of hydrogen-bond acceptors (Lipinski definition) is 11. The van der Waals surface area contributed by atoms with E-state index in [-0.39, 0.29) is 41.0 Å². The molecule has 3 aromatic heterocycles. The first-order valence-corrected chi connectivity index (χ1v) is 21.9. The molecule has 5 amide bonds. The van der Waals surface area contributed by atoms with Crippen LogP contribution in [-0.2, 0) is 16.1 Å². The topological polar surface area (TPSA) is 166 Å². The molecular formula is C43H52N10O5S. The monoisotopic (exact) mass is 820 g/mol. The Morgan fingerprint density at radius 1 is 0.881 bits per heavy atom. The average Bonchev–Trinajstić information content (AvgIpc) is 3.99. The van der Waals surface area contributed by atoms with Crippen LogP contribution in [0.1, 0.15) is 113 Å². The fourth-order valence-corrected chi connectivity index (χ4v) is 9.64. The second-order valence-corrected chi connectivity index (χ2v) is 17.3. The first-order chi connectivity index (χ1) is 28.5. The van der Waals surface area contributed by atoms with E-state index < -0.39 is 0 Å². The predicted octanol–water partition coefficient (Wildman–Crippen LogP) is 5.96. The molecule has 0 bridgehead atoms. The van der Waals surface area contributed by atoms with Gasteiger partial charge in [0.1, 0.15) is 17.2 Å². The van der Waals surface area contributed by atoms with Gasteiger partial charge < -0.3 is 24.6 Å². The second-order valence-electron chi connectivity index (χ2n) is 16.5. The van der Waals surface area contributed by atoms with Crippen molar-refractivity contribution in [2.75, 3.05) is 56.7 Å². The Balaban J connectivity index is 0.000000543. The summed E-state index contributed by atoms with van der Waals surface area (Å²) in [6.45, 7) is 4.08. The number of nitrogens with one attached hydrogen (secondary N) is 2. The molecule has 16 heteroatoms. The van der Waals surface area contributed by atoms with Crippen LogP contribution in [0.5, 0.6) is 0 Å². The van der Waals surface area contributed by atoms with Gasteiger partial charge in [0.2, 0.25) is 17.8 Å². The molecule has 7 heterocycles. The molecule has 5 aliphatic rings. The molecule has 4 aliphatic heterocycles. The third kappa shape index (κ3) is 8.50. The predicted molar refractivity (Wildman–Crippen MR) is 226 cm³/mol. The lowest BCUT2D eigenvalue weighted by atomic mass is 9.71. The minimum atomic E-state index is -0.138. The Labute approximate surface area is 348 Å². The van der Waals surface area contributed by atoms with Crippen LogP contribution in [-0.4, -0.2) is 110 Å². The molecule has 2 N–H and O–H groups in total. The highest BCUT2D eigenvalue weighted by molar-refractivity contribution is 7.96. The summed E-state index contributed by atoms with van der Waals surface area (Å²) in [4.78, 5) is 79.9. The normalized spacial score (nSPS) is 19.1. The van der Waals surface area contributed by atoms with E-state index in [1.165, 1.54) is 11.9 Å². The number of pyridine rings is 1. The van der Waals surface area contributed by atoms with Crippen LogP contribution >= 0.6 is 11.9 Å². The first-order valence-electron chi connectivity index (χ1n) is 20.7. The van der Waals surface area contributed by atoms with Crippen molar-refractivity contribution in [2.24, 2.45) is 5.41 Å². The van der Waals surface area contributed by atoms with Crippen LogP contribution in [0.15, 0.2) is 48.8 Å². The number of aromatic nitrogens is 4. The minimum absolute atomic E-state index is 0.00794. The molecule has 1 saturated carbocycles. The van der Waals surface area contributed by atoms with Crippen molar-refractivity contribution in [2.45, 2.75) is 83.2 Å². The summed E-state index contributed by atoms with van der Waals surface area (Å²) >= 11 is 1.48. The van der Waals surface area contributed by atoms with Crippen LogP contribution < -0.4 is 15.5 Å². The van der Waals surface area contributed by atoms with Crippen molar-refractivity contribution in [1.82, 2.24) is 38.9 Å². The maximum Gasteiger partial charge on any atom is 0.270 e. The maximum atomic E-state index is 13.5. The molecule has 4 aromatic rings. The van der Waals surface area contributed by atoms with Crippen molar-refractivity contribution >= 4 is 70.0 Å². The highest BCUT2D eigenvalue weighted by Gasteiger charge is 2.39. The Kier molecular flexibility index (Phi) is 11.6. The van der Waals surface area contributed by atoms with E-state index >= 15 is 0 Å². The molecule has 0 radical (unpaired) electrons. The Bertz CT molecular complexity index is 2240. The smallest absolute Gasteiger partial charge is 0.270 e. The molecule has 0 atom stereocenters. The zero-order chi connectivity index (χ0) is 41.3. The Hall–Kier alpha value is -5.51. The molecule has 310 valence electrons. The Morgan fingerprint density at radius 2 is 1.59 bits per heavy atom. The van der Waals surface area contributed by atoms with Gasteiger partial charge in [0.15, 0.2) is 0 Å². The molecule has 15 nitrogen and oxygen atoms in total. The molecule has 1 aliphatic carbocycles. The zero-order valence-corrected chi connectivity index (χ0v) is 34.9. The number of carbonyl (C=O) groups excluding carboxylic acids is 5. The summed E-state index contributed by atoms with van der Waals surface area (Å²) in [6, 6.07) is 12.1. The lowest BCUT2D eigenvalue weighted by molar-refractivity contribution is -0.133. The molecule has 59 heavy (non-hydrogen) atoms. The van der Waals surface area contributed by atoms with E-state index in [2.05, 4.69) is 48.3 Å². The molecule has 3 saturated heterocycles. The van der Waals surface area contributed by atoms with Gasteiger partial charge >= 0.3 is 0 Å². The van der Waals surface area contributed by atoms with Crippen molar-refractivity contribution in [3.8, 4) is 0 Å². The summed E-state index contributed by atoms with van der Waals surface area (Å²) < 4.78 is 3.91. The summed E-state index contributed by atoms with van der Waals surface area (Å²) in [7, 11) is 3.54. The van der Waals surface area contributed by atoms with E-state index in [0.717, 1.165) is 105 Å². The molecular weight excluding hydrogens is 769 g/mol. The molecule has 9 rings (SSSR count). The van der Waals surface area contributed by atoms with Crippen molar-refractivity contribution in [3.63, 3.8) is 0 Å². The van der Waals surface area contributed by atoms with Gasteiger partial charge in [-0.25, -0.2) is 9.97 Å². The third-order valence-electron chi connectivity index (χ3n) is 12.6. The standard InChI is InChI=1S/C38H45N9O3S.C5H7NO2/c1-43(2)36(50)31-20-27-23-40-37(42-33(27)47(31)28-6-4-5-7-28)41-32-11-9-25(22-39-32)34(48)45-18-14-38(15-19-45)12-16-44(17-13-38)29-10-8-26-24-46(51-3)35(49)30(26)21-29;7-4-2-1-3-5(8)6-4/h8-11,20-23,28H,4-7,12-19,24H2,1-3H3,(H,39,40,41,42);1-3H2,(H,6,7,8). The number of fused-ring (bicyclic) bond motifs is 2. The lowest BCUT2D eigenvalue weighted by Gasteiger charge is -2.47. The summed E-state index contributed by atoms with van der Waals surface area (Å²) in [6.07, 6.45) is 15.5. The number of likely N-dealkylation sites (tertiary alicyclic amines) is 1. The largest absolute Gasteiger partial charge is 0.371 e. The van der Waals surface area contributed by atoms with E-state index in [9.17, 15) is 24.0 Å². The van der Waals surface area contributed by atoms with Gasteiger partial charge in [-0.05, 0) is 86.3 Å². The van der Waals surface area contributed by atoms with Crippen LogP contribution in [0.4, 0.5) is 17.5 Å². The summed E-state index contributed by atoms with van der Waals surface area (Å²) in [5, 5.41) is 6.24. The van der Waals surface area contributed by atoms with Gasteiger partial charge in [0, 0.05) is 94.4 Å². The van der Waals surface area contributed by atoms with Crippen molar-refractivity contribution < 1.29 is 24.0 Å². The number of anilines is 3. The van der Waals surface area contributed by atoms with Gasteiger partial charge in [-0.3, -0.25) is 33.6 Å². The number of carbonyl (C=O) groups is 5. The maximum absolute atomic E-state index is 13.5. The number of amides is 5. The zero-order valence-electron chi connectivity index (χ0n) is 34.0. The van der Waals surface area contributed by atoms with Crippen molar-refractivity contribution in [3.05, 3.63) is 71.2 Å². The number of hydrogen-bond donors (Lipinski definition) is 2. The third-order valence-corrected chi connectivity index (χ3v) is 13.3. The first kappa shape index (κ1) is 40.3. The van der Waals surface area contributed by atoms with Crippen molar-refractivity contribution in [1.29, 1.82) is 0 Å². The highest BCUT2D eigenvalue weighted by atomic mass is 32.2.